The molecule has 1 fully saturated rings. The number of fused-ring (bicyclic) bond motifs is 2. The number of piperidine rings is 1. The van der Waals surface area contributed by atoms with Gasteiger partial charge in [-0.05, 0) is 60.9 Å². The summed E-state index contributed by atoms with van der Waals surface area (Å²) in [5.74, 6) is 1.84. The van der Waals surface area contributed by atoms with Crippen molar-refractivity contribution < 1.29 is 19.0 Å². The van der Waals surface area contributed by atoms with E-state index in [4.69, 9.17) is 14.2 Å². The number of carbonyl (C=O) groups is 1. The first kappa shape index (κ1) is 18.8. The Kier molecular flexibility index (Phi) is 4.80. The van der Waals surface area contributed by atoms with Crippen LogP contribution >= 0.6 is 12.4 Å². The number of likely N-dealkylation sites (tertiary alicyclic amines) is 1. The summed E-state index contributed by atoms with van der Waals surface area (Å²) < 4.78 is 16.4. The van der Waals surface area contributed by atoms with Crippen LogP contribution in [-0.4, -0.2) is 51.6 Å². The maximum absolute atomic E-state index is 12.3. The molecule has 0 radical (unpaired) electrons. The van der Waals surface area contributed by atoms with Crippen LogP contribution in [0.4, 0.5) is 0 Å². The Labute approximate surface area is 160 Å². The van der Waals surface area contributed by atoms with Crippen molar-refractivity contribution in [2.24, 2.45) is 0 Å². The van der Waals surface area contributed by atoms with Gasteiger partial charge in [0, 0.05) is 18.0 Å². The van der Waals surface area contributed by atoms with Crippen molar-refractivity contribution in [2.75, 3.05) is 34.9 Å². The van der Waals surface area contributed by atoms with Crippen LogP contribution in [0.25, 0.3) is 0 Å². The van der Waals surface area contributed by atoms with Crippen molar-refractivity contribution in [3.05, 3.63) is 46.7 Å². The fourth-order valence-electron chi connectivity index (χ4n) is 4.56. The van der Waals surface area contributed by atoms with Gasteiger partial charge >= 0.3 is 0 Å². The Bertz CT molecular complexity index is 816. The van der Waals surface area contributed by atoms with Gasteiger partial charge in [0.05, 0.1) is 21.3 Å². The summed E-state index contributed by atoms with van der Waals surface area (Å²) in [6.45, 7) is 0.789. The number of methoxy groups -OCH3 is 3. The smallest absolute Gasteiger partial charge is 0.220 e. The summed E-state index contributed by atoms with van der Waals surface area (Å²) in [5.41, 5.74) is 3.27. The fraction of sp³-hybridized carbons (Fsp3) is 0.450. The minimum Gasteiger partial charge on any atom is -0.493 e. The molecule has 2 aliphatic carbocycles. The summed E-state index contributed by atoms with van der Waals surface area (Å²) >= 11 is 0. The second-order valence-electron chi connectivity index (χ2n) is 7.06. The molecule has 0 N–H and O–H groups in total. The average molecular weight is 378 g/mol. The Hall–Kier alpha value is -1.98. The monoisotopic (exact) mass is 377 g/mol. The molecule has 5 nitrogen and oxygen atoms in total. The molecule has 0 saturated carbocycles. The summed E-state index contributed by atoms with van der Waals surface area (Å²) in [5, 5.41) is 0. The van der Waals surface area contributed by atoms with E-state index >= 15 is 0 Å². The van der Waals surface area contributed by atoms with Gasteiger partial charge in [0.25, 0.3) is 0 Å². The number of hydrogen-bond acceptors (Lipinski definition) is 5. The molecule has 6 heteroatoms. The zero-order chi connectivity index (χ0) is 17.8. The molecule has 2 unspecified atom stereocenters. The first-order valence-corrected chi connectivity index (χ1v) is 8.50. The largest absolute Gasteiger partial charge is 0.493 e. The molecule has 0 amide bonds. The number of hydrogen-bond donors (Lipinski definition) is 0. The van der Waals surface area contributed by atoms with E-state index in [-0.39, 0.29) is 23.6 Å². The van der Waals surface area contributed by atoms with Crippen LogP contribution < -0.4 is 9.47 Å². The molecular weight excluding hydrogens is 354 g/mol. The maximum atomic E-state index is 12.3. The number of ketones is 1. The number of ether oxygens (including phenoxy) is 3. The van der Waals surface area contributed by atoms with Gasteiger partial charge in [0.15, 0.2) is 17.3 Å². The highest BCUT2D eigenvalue weighted by Gasteiger charge is 2.49. The van der Waals surface area contributed by atoms with Gasteiger partial charge in [-0.3, -0.25) is 9.69 Å². The quantitative estimate of drug-likeness (QED) is 0.810. The van der Waals surface area contributed by atoms with Crippen LogP contribution in [-0.2, 0) is 21.4 Å². The van der Waals surface area contributed by atoms with Crippen molar-refractivity contribution in [1.29, 1.82) is 0 Å². The molecule has 1 aliphatic heterocycles. The summed E-state index contributed by atoms with van der Waals surface area (Å²) in [4.78, 5) is 14.7. The van der Waals surface area contributed by atoms with Gasteiger partial charge in [-0.1, -0.05) is 0 Å². The molecular formula is C20H24ClNO4. The van der Waals surface area contributed by atoms with Gasteiger partial charge < -0.3 is 14.2 Å². The lowest BCUT2D eigenvalue weighted by atomic mass is 9.59. The predicted molar refractivity (Wildman–Crippen MR) is 101 cm³/mol. The number of nitrogens with zero attached hydrogens (tertiary/aromatic N) is 1. The zero-order valence-electron chi connectivity index (χ0n) is 15.5. The van der Waals surface area contributed by atoms with Crippen molar-refractivity contribution in [3.63, 3.8) is 0 Å². The first-order chi connectivity index (χ1) is 12.0. The second-order valence-corrected chi connectivity index (χ2v) is 7.06. The highest BCUT2D eigenvalue weighted by Crippen LogP contribution is 2.52. The number of halogens is 1. The average Bonchev–Trinajstić information content (AvgIpc) is 2.62. The fourth-order valence-corrected chi connectivity index (χ4v) is 4.56. The van der Waals surface area contributed by atoms with E-state index < -0.39 is 0 Å². The van der Waals surface area contributed by atoms with Gasteiger partial charge in [-0.15, -0.1) is 12.4 Å². The Morgan fingerprint density at radius 3 is 2.46 bits per heavy atom. The van der Waals surface area contributed by atoms with Gasteiger partial charge in [0.2, 0.25) is 5.78 Å². The molecule has 140 valence electrons. The van der Waals surface area contributed by atoms with Crippen molar-refractivity contribution in [2.45, 2.75) is 24.3 Å². The lowest BCUT2D eigenvalue weighted by Crippen LogP contribution is -2.53. The molecule has 1 saturated heterocycles. The number of rotatable bonds is 3. The standard InChI is InChI=1S/C20H23NO4.ClH/c1-21-11-13-7-16(22)19(25-4)10-20(13)9-14(21)5-12-6-17(23-2)18(24-3)8-15(12)20;/h6-8,10,14H,5,9,11H2,1-4H3;1H. The molecule has 0 aromatic heterocycles. The number of carbonyl (C=O) groups excluding carboxylic acids is 1. The van der Waals surface area contributed by atoms with E-state index in [1.54, 1.807) is 27.4 Å². The molecule has 2 bridgehead atoms. The van der Waals surface area contributed by atoms with E-state index in [1.807, 2.05) is 6.08 Å². The molecule has 4 rings (SSSR count). The molecule has 2 atom stereocenters. The summed E-state index contributed by atoms with van der Waals surface area (Å²) in [6, 6.07) is 4.57. The number of allylic oxidation sites excluding steroid dienone is 2. The third-order valence-corrected chi connectivity index (χ3v) is 5.86. The number of benzene rings is 1. The van der Waals surface area contributed by atoms with E-state index in [1.165, 1.54) is 11.1 Å². The van der Waals surface area contributed by atoms with Crippen LogP contribution in [0.2, 0.25) is 0 Å². The minimum atomic E-state index is -0.302. The van der Waals surface area contributed by atoms with E-state index in [0.29, 0.717) is 11.8 Å². The van der Waals surface area contributed by atoms with E-state index in [9.17, 15) is 4.79 Å². The second kappa shape index (κ2) is 6.63. The van der Waals surface area contributed by atoms with Crippen molar-refractivity contribution in [3.8, 4) is 11.5 Å². The topological polar surface area (TPSA) is 48.0 Å². The Balaban J connectivity index is 0.00000196. The number of likely N-dealkylation sites (N-methyl/N-ethyl adjacent to an activating group) is 1. The van der Waals surface area contributed by atoms with Gasteiger partial charge in [0.1, 0.15) is 0 Å². The molecule has 3 aliphatic rings. The normalized spacial score (nSPS) is 26.6. The Morgan fingerprint density at radius 1 is 1.12 bits per heavy atom. The summed E-state index contributed by atoms with van der Waals surface area (Å²) in [7, 11) is 7.00. The van der Waals surface area contributed by atoms with Crippen LogP contribution in [0.1, 0.15) is 17.5 Å². The van der Waals surface area contributed by atoms with E-state index in [2.05, 4.69) is 24.1 Å². The maximum Gasteiger partial charge on any atom is 0.220 e. The van der Waals surface area contributed by atoms with Gasteiger partial charge in [-0.2, -0.15) is 0 Å². The van der Waals surface area contributed by atoms with Crippen LogP contribution in [0.15, 0.2) is 35.6 Å². The molecule has 1 aromatic carbocycles. The zero-order valence-corrected chi connectivity index (χ0v) is 16.3. The van der Waals surface area contributed by atoms with Crippen LogP contribution in [0, 0.1) is 0 Å². The van der Waals surface area contributed by atoms with Gasteiger partial charge in [-0.25, -0.2) is 0 Å². The highest BCUT2D eigenvalue weighted by molar-refractivity contribution is 6.05. The third kappa shape index (κ3) is 2.53. The predicted octanol–water partition coefficient (Wildman–Crippen LogP) is 2.66. The van der Waals surface area contributed by atoms with Crippen LogP contribution in [0.5, 0.6) is 11.5 Å². The molecule has 1 spiro atoms. The van der Waals surface area contributed by atoms with Crippen molar-refractivity contribution in [1.82, 2.24) is 4.90 Å². The lowest BCUT2D eigenvalue weighted by molar-refractivity contribution is -0.114. The lowest BCUT2D eigenvalue weighted by Gasteiger charge is -2.51. The van der Waals surface area contributed by atoms with Crippen molar-refractivity contribution >= 4 is 18.2 Å². The first-order valence-electron chi connectivity index (χ1n) is 8.50. The molecule has 1 heterocycles. The third-order valence-electron chi connectivity index (χ3n) is 5.86. The summed E-state index contributed by atoms with van der Waals surface area (Å²) in [6.07, 6.45) is 5.69. The molecule has 1 aromatic rings. The molecule has 26 heavy (non-hydrogen) atoms. The minimum absolute atomic E-state index is 0. The highest BCUT2D eigenvalue weighted by atomic mass is 35.5. The van der Waals surface area contributed by atoms with E-state index in [0.717, 1.165) is 36.5 Å². The Morgan fingerprint density at radius 2 is 1.81 bits per heavy atom. The van der Waals surface area contributed by atoms with Crippen LogP contribution in [0.3, 0.4) is 0 Å². The SMILES string of the molecule is COC1=CC23CC(Cc4cc(OC)c(OC)cc42)N(C)CC3=CC1=O.Cl.